The molecule has 0 bridgehead atoms. The summed E-state index contributed by atoms with van der Waals surface area (Å²) < 4.78 is 0. The summed E-state index contributed by atoms with van der Waals surface area (Å²) in [7, 11) is 0. The molecule has 10 heteroatoms. The molecule has 3 aliphatic rings. The fourth-order valence-corrected chi connectivity index (χ4v) is 4.81. The number of thioether (sulfide) groups is 1. The van der Waals surface area contributed by atoms with Crippen LogP contribution in [0.2, 0.25) is 0 Å². The van der Waals surface area contributed by atoms with Gasteiger partial charge in [0.2, 0.25) is 17.7 Å². The van der Waals surface area contributed by atoms with Crippen LogP contribution in [0.1, 0.15) is 13.3 Å². The average molecular weight is 350 g/mol. The van der Waals surface area contributed by atoms with Gasteiger partial charge < -0.3 is 10.2 Å². The van der Waals surface area contributed by atoms with Gasteiger partial charge in [-0.1, -0.05) is 12.2 Å². The number of imide groups is 1. The second-order valence-corrected chi connectivity index (χ2v) is 6.68. The van der Waals surface area contributed by atoms with Crippen LogP contribution in [0.5, 0.6) is 0 Å². The molecule has 2 fully saturated rings. The Hall–Kier alpha value is -0.450. The van der Waals surface area contributed by atoms with Gasteiger partial charge in [0.1, 0.15) is 5.37 Å². The zero-order chi connectivity index (χ0) is 15.5. The molecule has 0 aromatic carbocycles. The van der Waals surface area contributed by atoms with Crippen LogP contribution in [0, 0.1) is 11.8 Å². The second-order valence-electron chi connectivity index (χ2n) is 5.15. The van der Waals surface area contributed by atoms with Gasteiger partial charge in [0, 0.05) is 11.3 Å². The van der Waals surface area contributed by atoms with Crippen molar-refractivity contribution >= 4 is 46.8 Å². The molecule has 0 aromatic heterocycles. The number of aliphatic hydroxyl groups is 1. The molecule has 0 aliphatic carbocycles. The summed E-state index contributed by atoms with van der Waals surface area (Å²) in [5, 5.41) is 22.3. The number of carbonyl (C=O) groups is 3. The third-order valence-electron chi connectivity index (χ3n) is 3.80. The normalized spacial score (nSPS) is 31.5. The van der Waals surface area contributed by atoms with Crippen molar-refractivity contribution in [2.75, 3.05) is 0 Å². The number of hydrogen-bond donors (Lipinski definition) is 2. The maximum Gasteiger partial charge on any atom is 1.00 e. The zero-order valence-electron chi connectivity index (χ0n) is 11.9. The van der Waals surface area contributed by atoms with Gasteiger partial charge in [-0.15, -0.1) is 11.8 Å². The summed E-state index contributed by atoms with van der Waals surface area (Å²) >= 11 is 5.82. The van der Waals surface area contributed by atoms with Crippen LogP contribution in [-0.4, -0.2) is 44.3 Å². The Bertz CT molecular complexity index is 621. The van der Waals surface area contributed by atoms with Crippen molar-refractivity contribution in [3.05, 3.63) is 10.6 Å². The van der Waals surface area contributed by atoms with E-state index in [2.05, 4.69) is 17.5 Å². The Labute approximate surface area is 157 Å². The van der Waals surface area contributed by atoms with Gasteiger partial charge in [0.05, 0.1) is 23.6 Å². The fourth-order valence-electron chi connectivity index (χ4n) is 2.81. The smallest absolute Gasteiger partial charge is 0.863 e. The molecular weight excluding hydrogens is 339 g/mol. The number of aliphatic hydroxyl groups excluding tert-OH is 1. The Balaban J connectivity index is 0.00000176. The van der Waals surface area contributed by atoms with Crippen molar-refractivity contribution in [3.8, 4) is 0 Å². The molecule has 4 atom stereocenters. The molecule has 0 spiro atoms. The summed E-state index contributed by atoms with van der Waals surface area (Å²) in [4.78, 5) is 36.8. The van der Waals surface area contributed by atoms with Crippen molar-refractivity contribution in [2.24, 2.45) is 11.8 Å². The molecule has 2 saturated heterocycles. The van der Waals surface area contributed by atoms with Gasteiger partial charge >= 0.3 is 29.6 Å². The predicted molar refractivity (Wildman–Crippen MR) is 74.3 cm³/mol. The van der Waals surface area contributed by atoms with Gasteiger partial charge in [-0.3, -0.25) is 24.6 Å². The number of nitrogens with zero attached hydrogens (tertiary/aromatic N) is 1. The van der Waals surface area contributed by atoms with E-state index < -0.39 is 40.2 Å². The quantitative estimate of drug-likeness (QED) is 0.228. The second kappa shape index (κ2) is 6.21. The van der Waals surface area contributed by atoms with Crippen molar-refractivity contribution in [2.45, 2.75) is 24.8 Å². The standard InChI is InChI=1S/C12H12N2O5S2.Na/c1-3(15)6-10(18)14-7(12(19)20)8(21-11(6)14)4-2-5(16)13-9(4)17;/h3-4,6,11,15H,2H2,1H3,(H,19,20)(H,13,16,17);/q;+1/p-1/t3-,4?,6+,11-;/m1./s1. The van der Waals surface area contributed by atoms with E-state index in [9.17, 15) is 24.6 Å². The summed E-state index contributed by atoms with van der Waals surface area (Å²) in [6.45, 7) is 1.50. The van der Waals surface area contributed by atoms with Gasteiger partial charge in [-0.25, -0.2) is 0 Å². The first kappa shape index (κ1) is 17.9. The van der Waals surface area contributed by atoms with Crippen LogP contribution in [0.25, 0.3) is 0 Å². The van der Waals surface area contributed by atoms with E-state index in [-0.39, 0.29) is 47.6 Å². The van der Waals surface area contributed by atoms with Crippen LogP contribution >= 0.6 is 24.0 Å². The maximum absolute atomic E-state index is 12.1. The van der Waals surface area contributed by atoms with Gasteiger partial charge in [0.25, 0.3) is 0 Å². The molecule has 1 unspecified atom stereocenters. The van der Waals surface area contributed by atoms with Crippen molar-refractivity contribution in [1.29, 1.82) is 0 Å². The number of hydrogen-bond acceptors (Lipinski definition) is 7. The maximum atomic E-state index is 12.1. The van der Waals surface area contributed by atoms with Crippen LogP contribution < -0.4 is 40.0 Å². The Morgan fingerprint density at radius 1 is 1.50 bits per heavy atom. The average Bonchev–Trinajstić information content (AvgIpc) is 2.86. The molecule has 0 saturated carbocycles. The molecule has 3 aliphatic heterocycles. The monoisotopic (exact) mass is 350 g/mol. The minimum atomic E-state index is -0.855. The van der Waals surface area contributed by atoms with Gasteiger partial charge in [-0.05, 0) is 12.0 Å². The number of nitrogens with one attached hydrogen (secondary N) is 1. The number of thiocarbonyl (C=S) groups is 1. The summed E-state index contributed by atoms with van der Waals surface area (Å²) in [5.41, 5.74) is 0.0109. The number of amides is 3. The summed E-state index contributed by atoms with van der Waals surface area (Å²) in [5.74, 6) is -2.69. The molecule has 0 radical (unpaired) electrons. The third kappa shape index (κ3) is 2.53. The Morgan fingerprint density at radius 2 is 2.14 bits per heavy atom. The van der Waals surface area contributed by atoms with Crippen molar-refractivity contribution in [1.82, 2.24) is 10.2 Å². The van der Waals surface area contributed by atoms with Crippen LogP contribution in [0.15, 0.2) is 10.6 Å². The molecule has 3 amide bonds. The van der Waals surface area contributed by atoms with E-state index in [0.29, 0.717) is 4.91 Å². The van der Waals surface area contributed by atoms with E-state index >= 15 is 0 Å². The van der Waals surface area contributed by atoms with E-state index in [1.54, 1.807) is 0 Å². The molecule has 7 nitrogen and oxygen atoms in total. The van der Waals surface area contributed by atoms with Crippen LogP contribution in [-0.2, 0) is 14.4 Å². The zero-order valence-corrected chi connectivity index (χ0v) is 15.5. The number of fused-ring (bicyclic) bond motifs is 1. The molecule has 2 N–H and O–H groups in total. The SMILES string of the molecule is C[C@@H](O)[C@H]1C(=O)N2C(C([O-])=S)=C(C3CC(=O)NC3=O)S[C@H]12.[Na+]. The molecular formula is C12H11N2NaO5S2. The predicted octanol–water partition coefficient (Wildman–Crippen LogP) is -4.54. The minimum Gasteiger partial charge on any atom is -0.863 e. The minimum absolute atomic E-state index is 0. The molecule has 3 rings (SSSR count). The largest absolute Gasteiger partial charge is 1.00 e. The number of rotatable bonds is 3. The molecule has 22 heavy (non-hydrogen) atoms. The van der Waals surface area contributed by atoms with Crippen molar-refractivity contribution < 1.29 is 54.2 Å². The van der Waals surface area contributed by atoms with Crippen molar-refractivity contribution in [3.63, 3.8) is 0 Å². The van der Waals surface area contributed by atoms with E-state index in [1.807, 2.05) is 0 Å². The van der Waals surface area contributed by atoms with E-state index in [4.69, 9.17) is 0 Å². The van der Waals surface area contributed by atoms with E-state index in [1.165, 1.54) is 11.8 Å². The molecule has 112 valence electrons. The first-order chi connectivity index (χ1) is 9.82. The topological polar surface area (TPSA) is 110 Å². The first-order valence-corrected chi connectivity index (χ1v) is 7.58. The van der Waals surface area contributed by atoms with Gasteiger partial charge in [0.15, 0.2) is 0 Å². The first-order valence-electron chi connectivity index (χ1n) is 6.30. The van der Waals surface area contributed by atoms with E-state index in [0.717, 1.165) is 11.8 Å². The molecule has 3 heterocycles. The molecule has 0 aromatic rings. The number of β-lactam (4-membered cyclic amide) rings is 1. The van der Waals surface area contributed by atoms with Crippen LogP contribution in [0.3, 0.4) is 0 Å². The Kier molecular flexibility index (Phi) is 5.06. The Morgan fingerprint density at radius 3 is 2.59 bits per heavy atom. The number of carbonyl (C=O) groups excluding carboxylic acids is 3. The van der Waals surface area contributed by atoms with Crippen LogP contribution in [0.4, 0.5) is 0 Å². The van der Waals surface area contributed by atoms with Gasteiger partial charge in [-0.2, -0.15) is 0 Å². The summed E-state index contributed by atoms with van der Waals surface area (Å²) in [6.07, 6.45) is -0.910. The fraction of sp³-hybridized carbons (Fsp3) is 0.500. The third-order valence-corrected chi connectivity index (χ3v) is 5.48. The summed E-state index contributed by atoms with van der Waals surface area (Å²) in [6, 6.07) is 0.